The SMILES string of the molecule is O=C(N/N=C/c1ccc(O)cc1O)c1cnc[nH]c1=O. The van der Waals surface area contributed by atoms with Gasteiger partial charge in [0.25, 0.3) is 11.5 Å². The van der Waals surface area contributed by atoms with Gasteiger partial charge in [0.2, 0.25) is 0 Å². The van der Waals surface area contributed by atoms with Crippen molar-refractivity contribution in [2.45, 2.75) is 0 Å². The molecule has 1 amide bonds. The van der Waals surface area contributed by atoms with E-state index in [9.17, 15) is 14.7 Å². The molecule has 1 heterocycles. The van der Waals surface area contributed by atoms with Crippen LogP contribution in [0.3, 0.4) is 0 Å². The number of phenolic OH excluding ortho intramolecular Hbond substituents is 2. The van der Waals surface area contributed by atoms with Crippen LogP contribution in [0.1, 0.15) is 15.9 Å². The fraction of sp³-hybridized carbons (Fsp3) is 0. The van der Waals surface area contributed by atoms with E-state index in [4.69, 9.17) is 5.11 Å². The summed E-state index contributed by atoms with van der Waals surface area (Å²) in [4.78, 5) is 28.8. The fourth-order valence-electron chi connectivity index (χ4n) is 1.37. The van der Waals surface area contributed by atoms with Gasteiger partial charge in [-0.2, -0.15) is 5.10 Å². The average Bonchev–Trinajstić information content (AvgIpc) is 2.41. The van der Waals surface area contributed by atoms with Gasteiger partial charge in [0.1, 0.15) is 17.1 Å². The number of aromatic nitrogens is 2. The van der Waals surface area contributed by atoms with Crippen LogP contribution in [0.4, 0.5) is 0 Å². The molecule has 0 spiro atoms. The third kappa shape index (κ3) is 2.99. The van der Waals surface area contributed by atoms with Gasteiger partial charge < -0.3 is 15.2 Å². The summed E-state index contributed by atoms with van der Waals surface area (Å²) in [6, 6.07) is 3.90. The summed E-state index contributed by atoms with van der Waals surface area (Å²) in [5, 5.41) is 22.2. The summed E-state index contributed by atoms with van der Waals surface area (Å²) in [5.74, 6) is -1.01. The Labute approximate surface area is 112 Å². The highest BCUT2D eigenvalue weighted by Gasteiger charge is 2.08. The molecular formula is C12H10N4O4. The standard InChI is InChI=1S/C12H10N4O4/c17-8-2-1-7(10(18)3-8)4-15-16-12(20)9-5-13-6-14-11(9)19/h1-6,17-18H,(H,16,20)(H,13,14,19)/b15-4+. The Balaban J connectivity index is 2.09. The third-order valence-electron chi connectivity index (χ3n) is 2.35. The summed E-state index contributed by atoms with van der Waals surface area (Å²) in [7, 11) is 0. The molecule has 0 atom stereocenters. The summed E-state index contributed by atoms with van der Waals surface area (Å²) < 4.78 is 0. The predicted molar refractivity (Wildman–Crippen MR) is 69.7 cm³/mol. The number of amides is 1. The predicted octanol–water partition coefficient (Wildman–Crippen LogP) is -0.0550. The normalized spacial score (nSPS) is 10.6. The number of hydrazone groups is 1. The van der Waals surface area contributed by atoms with E-state index in [1.165, 1.54) is 18.3 Å². The topological polar surface area (TPSA) is 128 Å². The molecule has 0 saturated carbocycles. The second-order valence-corrected chi connectivity index (χ2v) is 3.74. The first-order valence-electron chi connectivity index (χ1n) is 5.46. The van der Waals surface area contributed by atoms with Crippen LogP contribution in [0, 0.1) is 0 Å². The van der Waals surface area contributed by atoms with Gasteiger partial charge in [-0.1, -0.05) is 0 Å². The number of benzene rings is 1. The maximum Gasteiger partial charge on any atom is 0.278 e. The number of carbonyl (C=O) groups excluding carboxylic acids is 1. The van der Waals surface area contributed by atoms with Gasteiger partial charge in [-0.15, -0.1) is 0 Å². The van der Waals surface area contributed by atoms with Crippen molar-refractivity contribution in [2.75, 3.05) is 0 Å². The zero-order valence-electron chi connectivity index (χ0n) is 10.1. The van der Waals surface area contributed by atoms with Crippen molar-refractivity contribution in [3.8, 4) is 11.5 Å². The van der Waals surface area contributed by atoms with Crippen molar-refractivity contribution in [1.29, 1.82) is 0 Å². The van der Waals surface area contributed by atoms with Gasteiger partial charge >= 0.3 is 0 Å². The highest BCUT2D eigenvalue weighted by atomic mass is 16.3. The first-order valence-corrected chi connectivity index (χ1v) is 5.46. The number of phenols is 2. The number of H-pyrrole nitrogens is 1. The molecule has 0 saturated heterocycles. The first kappa shape index (κ1) is 13.3. The average molecular weight is 274 g/mol. The molecule has 2 aromatic rings. The third-order valence-corrected chi connectivity index (χ3v) is 2.35. The van der Waals surface area contributed by atoms with Gasteiger partial charge in [0, 0.05) is 17.8 Å². The fourth-order valence-corrected chi connectivity index (χ4v) is 1.37. The Morgan fingerprint density at radius 1 is 1.40 bits per heavy atom. The molecule has 8 heteroatoms. The number of aromatic amines is 1. The maximum absolute atomic E-state index is 11.6. The smallest absolute Gasteiger partial charge is 0.278 e. The van der Waals surface area contributed by atoms with E-state index in [-0.39, 0.29) is 17.1 Å². The van der Waals surface area contributed by atoms with Crippen molar-refractivity contribution in [3.63, 3.8) is 0 Å². The number of carbonyl (C=O) groups is 1. The van der Waals surface area contributed by atoms with Crippen LogP contribution in [0.15, 0.2) is 40.6 Å². The lowest BCUT2D eigenvalue weighted by atomic mass is 10.2. The lowest BCUT2D eigenvalue weighted by Crippen LogP contribution is -2.26. The monoisotopic (exact) mass is 274 g/mol. The number of hydrogen-bond acceptors (Lipinski definition) is 6. The highest BCUT2D eigenvalue weighted by molar-refractivity contribution is 5.94. The second kappa shape index (κ2) is 5.65. The number of aromatic hydroxyl groups is 2. The zero-order valence-corrected chi connectivity index (χ0v) is 10.1. The molecule has 4 N–H and O–H groups in total. The first-order chi connectivity index (χ1) is 9.58. The number of nitrogens with one attached hydrogen (secondary N) is 2. The highest BCUT2D eigenvalue weighted by Crippen LogP contribution is 2.20. The van der Waals surface area contributed by atoms with Crippen molar-refractivity contribution < 1.29 is 15.0 Å². The van der Waals surface area contributed by atoms with Crippen molar-refractivity contribution in [2.24, 2.45) is 5.10 Å². The number of hydrogen-bond donors (Lipinski definition) is 4. The maximum atomic E-state index is 11.6. The van der Waals surface area contributed by atoms with Crippen LogP contribution in [0.5, 0.6) is 11.5 Å². The van der Waals surface area contributed by atoms with Gasteiger partial charge in [-0.3, -0.25) is 9.59 Å². The van der Waals surface area contributed by atoms with E-state index in [1.807, 2.05) is 0 Å². The van der Waals surface area contributed by atoms with E-state index in [1.54, 1.807) is 0 Å². The molecule has 8 nitrogen and oxygen atoms in total. The van der Waals surface area contributed by atoms with Crippen LogP contribution >= 0.6 is 0 Å². The second-order valence-electron chi connectivity index (χ2n) is 3.74. The Morgan fingerprint density at radius 3 is 2.90 bits per heavy atom. The Hall–Kier alpha value is -3.16. The van der Waals surface area contributed by atoms with Gasteiger partial charge in [-0.25, -0.2) is 10.4 Å². The van der Waals surface area contributed by atoms with E-state index in [0.717, 1.165) is 18.6 Å². The molecular weight excluding hydrogens is 264 g/mol. The Bertz CT molecular complexity index is 723. The molecule has 0 aliphatic heterocycles. The lowest BCUT2D eigenvalue weighted by Gasteiger charge is -2.00. The lowest BCUT2D eigenvalue weighted by molar-refractivity contribution is 0.0953. The van der Waals surface area contributed by atoms with Crippen LogP contribution in [0.25, 0.3) is 0 Å². The van der Waals surface area contributed by atoms with Crippen LogP contribution < -0.4 is 11.0 Å². The van der Waals surface area contributed by atoms with E-state index < -0.39 is 11.5 Å². The van der Waals surface area contributed by atoms with E-state index in [2.05, 4.69) is 20.5 Å². The van der Waals surface area contributed by atoms with E-state index >= 15 is 0 Å². The molecule has 0 unspecified atom stereocenters. The van der Waals surface area contributed by atoms with Crippen LogP contribution in [0.2, 0.25) is 0 Å². The molecule has 0 bridgehead atoms. The number of rotatable bonds is 3. The molecule has 1 aromatic carbocycles. The van der Waals surface area contributed by atoms with Crippen molar-refractivity contribution in [1.82, 2.24) is 15.4 Å². The Kier molecular flexibility index (Phi) is 3.75. The largest absolute Gasteiger partial charge is 0.508 e. The summed E-state index contributed by atoms with van der Waals surface area (Å²) in [5.41, 5.74) is 1.66. The zero-order chi connectivity index (χ0) is 14.5. The molecule has 0 fully saturated rings. The molecule has 102 valence electrons. The van der Waals surface area contributed by atoms with Gasteiger partial charge in [0.15, 0.2) is 0 Å². The van der Waals surface area contributed by atoms with Crippen LogP contribution in [-0.2, 0) is 0 Å². The summed E-state index contributed by atoms with van der Waals surface area (Å²) in [6.07, 6.45) is 3.45. The minimum Gasteiger partial charge on any atom is -0.508 e. The van der Waals surface area contributed by atoms with Gasteiger partial charge in [-0.05, 0) is 12.1 Å². The molecule has 0 aliphatic carbocycles. The van der Waals surface area contributed by atoms with Crippen molar-refractivity contribution in [3.05, 3.63) is 52.2 Å². The Morgan fingerprint density at radius 2 is 2.20 bits per heavy atom. The molecule has 0 radical (unpaired) electrons. The molecule has 1 aromatic heterocycles. The van der Waals surface area contributed by atoms with E-state index in [0.29, 0.717) is 5.56 Å². The molecule has 0 aliphatic rings. The minimum atomic E-state index is -0.728. The van der Waals surface area contributed by atoms with Gasteiger partial charge in [0.05, 0.1) is 12.5 Å². The number of nitrogens with zero attached hydrogens (tertiary/aromatic N) is 2. The summed E-state index contributed by atoms with van der Waals surface area (Å²) >= 11 is 0. The minimum absolute atomic E-state index is 0.0921. The van der Waals surface area contributed by atoms with Crippen LogP contribution in [-0.4, -0.2) is 32.3 Å². The molecule has 2 rings (SSSR count). The quantitative estimate of drug-likeness (QED) is 0.460. The summed E-state index contributed by atoms with van der Waals surface area (Å²) in [6.45, 7) is 0. The van der Waals surface area contributed by atoms with Crippen molar-refractivity contribution >= 4 is 12.1 Å². The molecule has 20 heavy (non-hydrogen) atoms.